The zero-order valence-electron chi connectivity index (χ0n) is 12.6. The lowest BCUT2D eigenvalue weighted by Gasteiger charge is -2.18. The quantitative estimate of drug-likeness (QED) is 0.813. The maximum absolute atomic E-state index is 12.0. The van der Waals surface area contributed by atoms with Crippen LogP contribution in [0.15, 0.2) is 36.9 Å². The average molecular weight is 286 g/mol. The highest BCUT2D eigenvalue weighted by atomic mass is 16.2. The van der Waals surface area contributed by atoms with E-state index < -0.39 is 0 Å². The zero-order valence-corrected chi connectivity index (χ0v) is 12.6. The molecule has 0 bridgehead atoms. The molecule has 0 aromatic heterocycles. The number of hydrogen-bond acceptors (Lipinski definition) is 2. The van der Waals surface area contributed by atoms with E-state index in [0.29, 0.717) is 12.5 Å². The Balaban J connectivity index is 1.83. The van der Waals surface area contributed by atoms with Crippen LogP contribution >= 0.6 is 0 Å². The number of nitrogens with one attached hydrogen (secondary N) is 1. The van der Waals surface area contributed by atoms with Gasteiger partial charge in [-0.15, -0.1) is 0 Å². The molecule has 1 aromatic rings. The Bertz CT molecular complexity index is 536. The molecule has 0 saturated heterocycles. The van der Waals surface area contributed by atoms with Crippen LogP contribution in [0.1, 0.15) is 30.4 Å². The molecule has 2 amide bonds. The lowest BCUT2D eigenvalue weighted by atomic mass is 10.1. The molecule has 1 N–H and O–H groups in total. The van der Waals surface area contributed by atoms with Crippen LogP contribution in [0.2, 0.25) is 0 Å². The van der Waals surface area contributed by atoms with Gasteiger partial charge in [-0.2, -0.15) is 0 Å². The van der Waals surface area contributed by atoms with Crippen LogP contribution in [-0.4, -0.2) is 35.8 Å². The molecule has 2 atom stereocenters. The van der Waals surface area contributed by atoms with Gasteiger partial charge in [-0.3, -0.25) is 9.59 Å². The highest BCUT2D eigenvalue weighted by Gasteiger charge is 2.39. The first kappa shape index (κ1) is 15.3. The van der Waals surface area contributed by atoms with Crippen molar-refractivity contribution in [2.24, 2.45) is 0 Å². The van der Waals surface area contributed by atoms with Crippen molar-refractivity contribution in [2.45, 2.75) is 32.2 Å². The summed E-state index contributed by atoms with van der Waals surface area (Å²) in [4.78, 5) is 25.0. The first-order chi connectivity index (χ1) is 10.0. The SMILES string of the molecule is C=CC(=O)N(CC)CC(=O)N[C@@H]1C[C@H]1c1ccc(C)cc1. The number of carbonyl (C=O) groups excluding carboxylic acids is 2. The number of aryl methyl sites for hydroxylation is 1. The Kier molecular flexibility index (Phi) is 4.78. The van der Waals surface area contributed by atoms with E-state index in [2.05, 4.69) is 43.1 Å². The largest absolute Gasteiger partial charge is 0.351 e. The fraction of sp³-hybridized carbons (Fsp3) is 0.412. The minimum absolute atomic E-state index is 0.0957. The van der Waals surface area contributed by atoms with Crippen LogP contribution in [0.4, 0.5) is 0 Å². The maximum atomic E-state index is 12.0. The van der Waals surface area contributed by atoms with Crippen LogP contribution in [0.25, 0.3) is 0 Å². The molecule has 0 aliphatic heterocycles. The number of benzene rings is 1. The molecule has 1 saturated carbocycles. The third-order valence-corrected chi connectivity index (χ3v) is 3.84. The molecule has 1 aliphatic rings. The summed E-state index contributed by atoms with van der Waals surface area (Å²) in [6.07, 6.45) is 2.21. The lowest BCUT2D eigenvalue weighted by molar-refractivity contribution is -0.132. The Labute approximate surface area is 125 Å². The van der Waals surface area contributed by atoms with Gasteiger partial charge in [0.1, 0.15) is 0 Å². The van der Waals surface area contributed by atoms with E-state index in [-0.39, 0.29) is 24.4 Å². The third-order valence-electron chi connectivity index (χ3n) is 3.84. The average Bonchev–Trinajstić information content (AvgIpc) is 3.23. The summed E-state index contributed by atoms with van der Waals surface area (Å²) in [5, 5.41) is 2.99. The molecule has 112 valence electrons. The molecule has 1 fully saturated rings. The third kappa shape index (κ3) is 3.94. The van der Waals surface area contributed by atoms with Crippen molar-refractivity contribution in [3.05, 3.63) is 48.0 Å². The molecule has 4 nitrogen and oxygen atoms in total. The minimum Gasteiger partial charge on any atom is -0.351 e. The molecule has 1 aliphatic carbocycles. The van der Waals surface area contributed by atoms with E-state index in [0.717, 1.165) is 6.42 Å². The second-order valence-corrected chi connectivity index (χ2v) is 5.48. The zero-order chi connectivity index (χ0) is 15.4. The summed E-state index contributed by atoms with van der Waals surface area (Å²) in [5.41, 5.74) is 2.50. The second kappa shape index (κ2) is 6.57. The second-order valence-electron chi connectivity index (χ2n) is 5.48. The maximum Gasteiger partial charge on any atom is 0.246 e. The highest BCUT2D eigenvalue weighted by molar-refractivity contribution is 5.91. The molecule has 2 rings (SSSR count). The molecular weight excluding hydrogens is 264 g/mol. The number of rotatable bonds is 6. The summed E-state index contributed by atoms with van der Waals surface area (Å²) in [6, 6.07) is 8.61. The van der Waals surface area contributed by atoms with Gasteiger partial charge in [0, 0.05) is 18.5 Å². The Morgan fingerprint density at radius 2 is 2.05 bits per heavy atom. The van der Waals surface area contributed by atoms with Gasteiger partial charge in [0.25, 0.3) is 0 Å². The molecule has 0 unspecified atom stereocenters. The van der Waals surface area contributed by atoms with Gasteiger partial charge in [0.15, 0.2) is 0 Å². The van der Waals surface area contributed by atoms with E-state index in [1.165, 1.54) is 22.1 Å². The van der Waals surface area contributed by atoms with E-state index in [9.17, 15) is 9.59 Å². The first-order valence-electron chi connectivity index (χ1n) is 7.32. The van der Waals surface area contributed by atoms with E-state index in [1.54, 1.807) is 0 Å². The van der Waals surface area contributed by atoms with Gasteiger partial charge >= 0.3 is 0 Å². The van der Waals surface area contributed by atoms with E-state index in [4.69, 9.17) is 0 Å². The van der Waals surface area contributed by atoms with Gasteiger partial charge in [-0.05, 0) is 31.9 Å². The summed E-state index contributed by atoms with van der Waals surface area (Å²) in [6.45, 7) is 7.96. The summed E-state index contributed by atoms with van der Waals surface area (Å²) in [5.74, 6) is 0.0879. The minimum atomic E-state index is -0.210. The van der Waals surface area contributed by atoms with Gasteiger partial charge in [-0.25, -0.2) is 0 Å². The Hall–Kier alpha value is -2.10. The lowest BCUT2D eigenvalue weighted by Crippen LogP contribution is -2.40. The molecule has 0 radical (unpaired) electrons. The van der Waals surface area contributed by atoms with E-state index in [1.807, 2.05) is 6.92 Å². The number of likely N-dealkylation sites (N-methyl/N-ethyl adjacent to an activating group) is 1. The van der Waals surface area contributed by atoms with Gasteiger partial charge in [0.05, 0.1) is 6.54 Å². The Morgan fingerprint density at radius 1 is 1.38 bits per heavy atom. The highest BCUT2D eigenvalue weighted by Crippen LogP contribution is 2.40. The van der Waals surface area contributed by atoms with Gasteiger partial charge < -0.3 is 10.2 Å². The standard InChI is InChI=1S/C17H22N2O2/c1-4-17(21)19(5-2)11-16(20)18-15-10-14(15)13-8-6-12(3)7-9-13/h4,6-9,14-15H,1,5,10-11H2,2-3H3,(H,18,20)/t14-,15+/m0/s1. The monoisotopic (exact) mass is 286 g/mol. The molecule has 0 heterocycles. The summed E-state index contributed by atoms with van der Waals surface area (Å²) >= 11 is 0. The summed E-state index contributed by atoms with van der Waals surface area (Å²) < 4.78 is 0. The van der Waals surface area contributed by atoms with Gasteiger partial charge in [0.2, 0.25) is 11.8 Å². The van der Waals surface area contributed by atoms with Gasteiger partial charge in [-0.1, -0.05) is 36.4 Å². The van der Waals surface area contributed by atoms with Crippen molar-refractivity contribution in [1.29, 1.82) is 0 Å². The smallest absolute Gasteiger partial charge is 0.246 e. The fourth-order valence-electron chi connectivity index (χ4n) is 2.44. The topological polar surface area (TPSA) is 49.4 Å². The van der Waals surface area contributed by atoms with Crippen LogP contribution in [0.5, 0.6) is 0 Å². The molecule has 4 heteroatoms. The van der Waals surface area contributed by atoms with Crippen molar-refractivity contribution < 1.29 is 9.59 Å². The molecule has 1 aromatic carbocycles. The number of amides is 2. The van der Waals surface area contributed by atoms with Crippen molar-refractivity contribution >= 4 is 11.8 Å². The fourth-order valence-corrected chi connectivity index (χ4v) is 2.44. The van der Waals surface area contributed by atoms with Crippen molar-refractivity contribution in [2.75, 3.05) is 13.1 Å². The molecular formula is C17H22N2O2. The van der Waals surface area contributed by atoms with Crippen LogP contribution in [0.3, 0.4) is 0 Å². The number of nitrogens with zero attached hydrogens (tertiary/aromatic N) is 1. The first-order valence-corrected chi connectivity index (χ1v) is 7.32. The van der Waals surface area contributed by atoms with Crippen molar-refractivity contribution in [1.82, 2.24) is 10.2 Å². The van der Waals surface area contributed by atoms with Crippen molar-refractivity contribution in [3.63, 3.8) is 0 Å². The predicted octanol–water partition coefficient (Wildman–Crippen LogP) is 2.00. The number of hydrogen-bond donors (Lipinski definition) is 1. The normalized spacial score (nSPS) is 19.7. The van der Waals surface area contributed by atoms with E-state index >= 15 is 0 Å². The number of carbonyl (C=O) groups is 2. The molecule has 21 heavy (non-hydrogen) atoms. The Morgan fingerprint density at radius 3 is 2.62 bits per heavy atom. The van der Waals surface area contributed by atoms with Crippen molar-refractivity contribution in [3.8, 4) is 0 Å². The summed E-state index contributed by atoms with van der Waals surface area (Å²) in [7, 11) is 0. The molecule has 0 spiro atoms. The van der Waals surface area contributed by atoms with Crippen LogP contribution in [-0.2, 0) is 9.59 Å². The predicted molar refractivity (Wildman–Crippen MR) is 82.9 cm³/mol. The van der Waals surface area contributed by atoms with Crippen LogP contribution < -0.4 is 5.32 Å². The van der Waals surface area contributed by atoms with Crippen LogP contribution in [0, 0.1) is 6.92 Å².